The van der Waals surface area contributed by atoms with Crippen molar-refractivity contribution in [1.82, 2.24) is 14.8 Å². The third-order valence-electron chi connectivity index (χ3n) is 5.46. The Morgan fingerprint density at radius 3 is 2.65 bits per heavy atom. The van der Waals surface area contributed by atoms with Crippen molar-refractivity contribution in [2.24, 2.45) is 0 Å². The molecule has 2 aliphatic rings. The molecule has 1 aliphatic heterocycles. The molecular formula is C20H25N3O2S. The van der Waals surface area contributed by atoms with Crippen molar-refractivity contribution >= 4 is 17.3 Å². The molecular weight excluding hydrogens is 346 g/mol. The van der Waals surface area contributed by atoms with E-state index in [2.05, 4.69) is 41.1 Å². The zero-order valence-corrected chi connectivity index (χ0v) is 16.0. The van der Waals surface area contributed by atoms with E-state index in [4.69, 9.17) is 4.98 Å². The maximum atomic E-state index is 11.5. The van der Waals surface area contributed by atoms with Gasteiger partial charge in [0.25, 0.3) is 0 Å². The number of rotatable bonds is 4. The van der Waals surface area contributed by atoms with Crippen molar-refractivity contribution in [3.05, 3.63) is 40.4 Å². The fraction of sp³-hybridized carbons (Fsp3) is 0.500. The second kappa shape index (κ2) is 7.47. The highest BCUT2D eigenvalue weighted by molar-refractivity contribution is 7.15. The Morgan fingerprint density at radius 1 is 1.23 bits per heavy atom. The lowest BCUT2D eigenvalue weighted by atomic mass is 9.91. The number of aromatic nitrogens is 1. The summed E-state index contributed by atoms with van der Waals surface area (Å²) in [7, 11) is 2.18. The second-order valence-corrected chi connectivity index (χ2v) is 8.47. The van der Waals surface area contributed by atoms with Gasteiger partial charge in [-0.15, -0.1) is 11.3 Å². The molecule has 1 saturated heterocycles. The van der Waals surface area contributed by atoms with Crippen LogP contribution in [0.15, 0.2) is 24.3 Å². The summed E-state index contributed by atoms with van der Waals surface area (Å²) in [6.45, 7) is 5.49. The number of carboxylic acid groups (broad SMARTS) is 1. The van der Waals surface area contributed by atoms with Gasteiger partial charge < -0.3 is 10.0 Å². The van der Waals surface area contributed by atoms with Gasteiger partial charge in [0.05, 0.1) is 11.6 Å². The van der Waals surface area contributed by atoms with E-state index in [1.54, 1.807) is 11.3 Å². The number of hydrogen-bond donors (Lipinski definition) is 1. The molecule has 1 fully saturated rings. The molecule has 1 aromatic heterocycles. The van der Waals surface area contributed by atoms with E-state index in [1.165, 1.54) is 5.56 Å². The standard InChI is InChI=1S/C20H25N3O2S/c1-22-9-11-23(12-10-22)13-14-5-7-15(8-6-14)19-21-18-16(20(24)25)3-2-4-17(18)26-19/h5-8,16H,2-4,9-13H2,1H3,(H,24,25). The van der Waals surface area contributed by atoms with Crippen molar-refractivity contribution in [3.63, 3.8) is 0 Å². The highest BCUT2D eigenvalue weighted by Crippen LogP contribution is 2.38. The van der Waals surface area contributed by atoms with E-state index in [0.717, 1.165) is 66.7 Å². The number of aryl methyl sites for hydroxylation is 1. The maximum Gasteiger partial charge on any atom is 0.312 e. The zero-order valence-electron chi connectivity index (χ0n) is 15.1. The molecule has 26 heavy (non-hydrogen) atoms. The van der Waals surface area contributed by atoms with Crippen LogP contribution in [0.2, 0.25) is 0 Å². The van der Waals surface area contributed by atoms with Crippen LogP contribution < -0.4 is 0 Å². The summed E-state index contributed by atoms with van der Waals surface area (Å²) in [6.07, 6.45) is 2.60. The lowest BCUT2D eigenvalue weighted by molar-refractivity contribution is -0.139. The van der Waals surface area contributed by atoms with Crippen LogP contribution in [0, 0.1) is 0 Å². The minimum atomic E-state index is -0.745. The van der Waals surface area contributed by atoms with Gasteiger partial charge in [-0.05, 0) is 31.9 Å². The fourth-order valence-electron chi connectivity index (χ4n) is 3.80. The Morgan fingerprint density at radius 2 is 1.96 bits per heavy atom. The number of benzene rings is 1. The largest absolute Gasteiger partial charge is 0.481 e. The Balaban J connectivity index is 1.48. The van der Waals surface area contributed by atoms with Gasteiger partial charge in [0.15, 0.2) is 0 Å². The number of fused-ring (bicyclic) bond motifs is 1. The molecule has 2 heterocycles. The normalized spacial score (nSPS) is 21.5. The number of nitrogens with zero attached hydrogens (tertiary/aromatic N) is 3. The van der Waals surface area contributed by atoms with Gasteiger partial charge in [0, 0.05) is 43.2 Å². The number of likely N-dealkylation sites (N-methyl/N-ethyl adjacent to an activating group) is 1. The maximum absolute atomic E-state index is 11.5. The Bertz CT molecular complexity index is 779. The monoisotopic (exact) mass is 371 g/mol. The molecule has 1 aliphatic carbocycles. The van der Waals surface area contributed by atoms with Crippen LogP contribution >= 0.6 is 11.3 Å². The molecule has 0 spiro atoms. The summed E-state index contributed by atoms with van der Waals surface area (Å²) >= 11 is 1.66. The summed E-state index contributed by atoms with van der Waals surface area (Å²) in [4.78, 5) is 22.2. The molecule has 2 aromatic rings. The molecule has 1 unspecified atom stereocenters. The molecule has 0 radical (unpaired) electrons. The number of thiazole rings is 1. The van der Waals surface area contributed by atoms with Crippen molar-refractivity contribution in [2.45, 2.75) is 31.7 Å². The Labute approximate surface area is 158 Å². The van der Waals surface area contributed by atoms with Crippen LogP contribution in [-0.2, 0) is 17.8 Å². The van der Waals surface area contributed by atoms with E-state index in [0.29, 0.717) is 6.42 Å². The van der Waals surface area contributed by atoms with Gasteiger partial charge in [0.1, 0.15) is 5.01 Å². The summed E-state index contributed by atoms with van der Waals surface area (Å²) in [5, 5.41) is 10.4. The van der Waals surface area contributed by atoms with E-state index in [-0.39, 0.29) is 0 Å². The van der Waals surface area contributed by atoms with Gasteiger partial charge >= 0.3 is 5.97 Å². The average molecular weight is 372 g/mol. The van der Waals surface area contributed by atoms with Crippen molar-refractivity contribution < 1.29 is 9.90 Å². The van der Waals surface area contributed by atoms with Crippen molar-refractivity contribution in [2.75, 3.05) is 33.2 Å². The summed E-state index contributed by atoms with van der Waals surface area (Å²) in [6, 6.07) is 8.63. The molecule has 6 heteroatoms. The molecule has 0 bridgehead atoms. The number of hydrogen-bond acceptors (Lipinski definition) is 5. The smallest absolute Gasteiger partial charge is 0.312 e. The van der Waals surface area contributed by atoms with Crippen LogP contribution in [0.5, 0.6) is 0 Å². The molecule has 0 saturated carbocycles. The second-order valence-electron chi connectivity index (χ2n) is 7.39. The molecule has 138 valence electrons. The molecule has 4 rings (SSSR count). The van der Waals surface area contributed by atoms with Gasteiger partial charge in [-0.2, -0.15) is 0 Å². The number of carbonyl (C=O) groups is 1. The predicted molar refractivity (Wildman–Crippen MR) is 104 cm³/mol. The van der Waals surface area contributed by atoms with Crippen LogP contribution in [0.3, 0.4) is 0 Å². The van der Waals surface area contributed by atoms with E-state index in [1.807, 2.05) is 0 Å². The lowest BCUT2D eigenvalue weighted by Gasteiger charge is -2.32. The third-order valence-corrected chi connectivity index (χ3v) is 6.64. The number of aliphatic carboxylic acids is 1. The van der Waals surface area contributed by atoms with E-state index >= 15 is 0 Å². The van der Waals surface area contributed by atoms with Crippen molar-refractivity contribution in [3.8, 4) is 10.6 Å². The summed E-state index contributed by atoms with van der Waals surface area (Å²) in [5.74, 6) is -1.18. The predicted octanol–water partition coefficient (Wildman–Crippen LogP) is 3.06. The topological polar surface area (TPSA) is 56.7 Å². The van der Waals surface area contributed by atoms with Gasteiger partial charge in [-0.3, -0.25) is 9.69 Å². The quantitative estimate of drug-likeness (QED) is 0.895. The first-order valence-electron chi connectivity index (χ1n) is 9.33. The first-order valence-corrected chi connectivity index (χ1v) is 10.1. The molecule has 1 atom stereocenters. The van der Waals surface area contributed by atoms with Gasteiger partial charge in [0.2, 0.25) is 0 Å². The van der Waals surface area contributed by atoms with E-state index < -0.39 is 11.9 Å². The Kier molecular flexibility index (Phi) is 5.07. The molecule has 0 amide bonds. The lowest BCUT2D eigenvalue weighted by Crippen LogP contribution is -2.43. The highest BCUT2D eigenvalue weighted by Gasteiger charge is 2.30. The van der Waals surface area contributed by atoms with Crippen LogP contribution in [0.25, 0.3) is 10.6 Å². The minimum Gasteiger partial charge on any atom is -0.481 e. The fourth-order valence-corrected chi connectivity index (χ4v) is 4.97. The Hall–Kier alpha value is -1.76. The zero-order chi connectivity index (χ0) is 18.1. The molecule has 5 nitrogen and oxygen atoms in total. The highest BCUT2D eigenvalue weighted by atomic mass is 32.1. The molecule has 1 aromatic carbocycles. The summed E-state index contributed by atoms with van der Waals surface area (Å²) in [5.41, 5.74) is 3.21. The van der Waals surface area contributed by atoms with Crippen LogP contribution in [0.4, 0.5) is 0 Å². The molecule has 1 N–H and O–H groups in total. The number of carboxylic acids is 1. The van der Waals surface area contributed by atoms with Gasteiger partial charge in [-0.25, -0.2) is 4.98 Å². The van der Waals surface area contributed by atoms with E-state index in [9.17, 15) is 9.90 Å². The van der Waals surface area contributed by atoms with Crippen molar-refractivity contribution in [1.29, 1.82) is 0 Å². The summed E-state index contributed by atoms with van der Waals surface area (Å²) < 4.78 is 0. The first-order chi connectivity index (χ1) is 12.6. The van der Waals surface area contributed by atoms with Gasteiger partial charge in [-0.1, -0.05) is 24.3 Å². The van der Waals surface area contributed by atoms with Crippen LogP contribution in [0.1, 0.15) is 34.9 Å². The number of piperazine rings is 1. The SMILES string of the molecule is CN1CCN(Cc2ccc(-c3nc4c(s3)CCCC4C(=O)O)cc2)CC1. The average Bonchev–Trinajstić information content (AvgIpc) is 3.08. The first kappa shape index (κ1) is 17.6. The third kappa shape index (κ3) is 3.68. The van der Waals surface area contributed by atoms with Crippen LogP contribution in [-0.4, -0.2) is 59.1 Å². The minimum absolute atomic E-state index is 0.430.